The summed E-state index contributed by atoms with van der Waals surface area (Å²) >= 11 is 1.24. The van der Waals surface area contributed by atoms with E-state index in [1.165, 1.54) is 41.7 Å². The van der Waals surface area contributed by atoms with Crippen molar-refractivity contribution >= 4 is 34.7 Å². The van der Waals surface area contributed by atoms with E-state index in [9.17, 15) is 14.9 Å². The zero-order valence-corrected chi connectivity index (χ0v) is 17.0. The Morgan fingerprint density at radius 1 is 1.21 bits per heavy atom. The molecule has 0 atom stereocenters. The number of non-ortho nitro benzene ring substituents is 1. The van der Waals surface area contributed by atoms with Crippen molar-refractivity contribution in [1.29, 1.82) is 0 Å². The predicted molar refractivity (Wildman–Crippen MR) is 114 cm³/mol. The van der Waals surface area contributed by atoms with E-state index in [1.54, 1.807) is 0 Å². The molecule has 1 heterocycles. The minimum Gasteiger partial charge on any atom is -0.457 e. The Hall–Kier alpha value is -3.20. The van der Waals surface area contributed by atoms with Gasteiger partial charge in [-0.2, -0.15) is 5.10 Å². The maximum atomic E-state index is 11.2. The summed E-state index contributed by atoms with van der Waals surface area (Å²) in [6, 6.07) is 11.9. The number of nitrogens with one attached hydrogen (secondary N) is 1. The molecule has 9 heteroatoms. The normalized spacial score (nSPS) is 15.7. The van der Waals surface area contributed by atoms with Crippen LogP contribution in [0.5, 0.6) is 11.5 Å². The van der Waals surface area contributed by atoms with Gasteiger partial charge in [-0.25, -0.2) is 0 Å². The molecule has 0 spiro atoms. The maximum Gasteiger partial charge on any atom is 0.270 e. The Balaban J connectivity index is 1.85. The second-order valence-electron chi connectivity index (χ2n) is 7.34. The van der Waals surface area contributed by atoms with E-state index in [2.05, 4.69) is 36.3 Å². The average molecular weight is 412 g/mol. The van der Waals surface area contributed by atoms with E-state index >= 15 is 0 Å². The first-order valence-electron chi connectivity index (χ1n) is 8.83. The summed E-state index contributed by atoms with van der Waals surface area (Å²) in [5.41, 5.74) is 1.51. The molecule has 1 fully saturated rings. The van der Waals surface area contributed by atoms with Crippen molar-refractivity contribution in [2.45, 2.75) is 26.2 Å². The first-order chi connectivity index (χ1) is 13.7. The lowest BCUT2D eigenvalue weighted by Crippen LogP contribution is -2.19. The quantitative estimate of drug-likeness (QED) is 0.449. The number of ether oxygens (including phenoxy) is 1. The predicted octanol–water partition coefficient (Wildman–Crippen LogP) is 4.24. The number of carbonyl (C=O) groups excluding carboxylic acids is 1. The molecule has 0 aliphatic carbocycles. The van der Waals surface area contributed by atoms with Gasteiger partial charge in [-0.3, -0.25) is 14.9 Å². The fraction of sp³-hybridized carbons (Fsp3) is 0.250. The van der Waals surface area contributed by atoms with Crippen LogP contribution in [0.2, 0.25) is 0 Å². The standard InChI is InChI=1S/C20H20N4O4S/c1-20(2,3)14-4-7-16(8-5-14)28-17-9-6-15(24(26)27)10-13(17)11-21-23-19-22-18(25)12-29-19/h4-11H,12H2,1-3H3,(H,22,23,25). The highest BCUT2D eigenvalue weighted by molar-refractivity contribution is 8.15. The number of thioether (sulfide) groups is 1. The Labute approximate surface area is 172 Å². The van der Waals surface area contributed by atoms with Crippen LogP contribution in [-0.4, -0.2) is 28.0 Å². The van der Waals surface area contributed by atoms with Crippen LogP contribution in [0.3, 0.4) is 0 Å². The second kappa shape index (κ2) is 8.44. The molecule has 1 aliphatic rings. The smallest absolute Gasteiger partial charge is 0.270 e. The number of carbonyl (C=O) groups is 1. The van der Waals surface area contributed by atoms with Gasteiger partial charge < -0.3 is 10.1 Å². The van der Waals surface area contributed by atoms with Crippen LogP contribution in [0.15, 0.2) is 52.7 Å². The van der Waals surface area contributed by atoms with Crippen molar-refractivity contribution in [3.63, 3.8) is 0 Å². The van der Waals surface area contributed by atoms with E-state index in [0.29, 0.717) is 28.0 Å². The maximum absolute atomic E-state index is 11.2. The van der Waals surface area contributed by atoms with Gasteiger partial charge in [-0.1, -0.05) is 44.7 Å². The van der Waals surface area contributed by atoms with Crippen LogP contribution < -0.4 is 10.1 Å². The summed E-state index contributed by atoms with van der Waals surface area (Å²) in [6.07, 6.45) is 1.36. The van der Waals surface area contributed by atoms with Crippen LogP contribution in [0.25, 0.3) is 0 Å². The summed E-state index contributed by atoms with van der Waals surface area (Å²) in [5, 5.41) is 21.9. The molecule has 29 heavy (non-hydrogen) atoms. The van der Waals surface area contributed by atoms with E-state index < -0.39 is 4.92 Å². The molecule has 1 amide bonds. The lowest BCUT2D eigenvalue weighted by Gasteiger charge is -2.19. The van der Waals surface area contributed by atoms with Crippen molar-refractivity contribution in [3.05, 3.63) is 63.7 Å². The van der Waals surface area contributed by atoms with Crippen LogP contribution in [-0.2, 0) is 10.2 Å². The van der Waals surface area contributed by atoms with Crippen molar-refractivity contribution in [3.8, 4) is 11.5 Å². The zero-order valence-electron chi connectivity index (χ0n) is 16.2. The van der Waals surface area contributed by atoms with Gasteiger partial charge >= 0.3 is 0 Å². The van der Waals surface area contributed by atoms with Gasteiger partial charge in [-0.05, 0) is 29.2 Å². The van der Waals surface area contributed by atoms with E-state index in [4.69, 9.17) is 4.74 Å². The lowest BCUT2D eigenvalue weighted by molar-refractivity contribution is -0.384. The van der Waals surface area contributed by atoms with Gasteiger partial charge in [0.15, 0.2) is 5.17 Å². The van der Waals surface area contributed by atoms with Crippen LogP contribution in [0, 0.1) is 10.1 Å². The third-order valence-electron chi connectivity index (χ3n) is 4.08. The van der Waals surface area contributed by atoms with Gasteiger partial charge in [0, 0.05) is 17.7 Å². The van der Waals surface area contributed by atoms with Crippen molar-refractivity contribution in [2.24, 2.45) is 10.2 Å². The third-order valence-corrected chi connectivity index (χ3v) is 4.95. The number of hydrogen-bond donors (Lipinski definition) is 1. The van der Waals surface area contributed by atoms with Gasteiger partial charge in [0.1, 0.15) is 11.5 Å². The SMILES string of the molecule is CC(C)(C)c1ccc(Oc2ccc([N+](=O)[O-])cc2C=NN=C2NC(=O)CS2)cc1. The molecule has 3 rings (SSSR count). The molecule has 150 valence electrons. The molecule has 1 N–H and O–H groups in total. The van der Waals surface area contributed by atoms with Crippen molar-refractivity contribution in [1.82, 2.24) is 5.32 Å². The molecule has 0 aromatic heterocycles. The summed E-state index contributed by atoms with van der Waals surface area (Å²) in [7, 11) is 0. The topological polar surface area (TPSA) is 106 Å². The van der Waals surface area contributed by atoms with Crippen LogP contribution in [0.1, 0.15) is 31.9 Å². The van der Waals surface area contributed by atoms with Crippen LogP contribution in [0.4, 0.5) is 5.69 Å². The number of amides is 1. The molecular weight excluding hydrogens is 392 g/mol. The molecule has 0 unspecified atom stereocenters. The first-order valence-corrected chi connectivity index (χ1v) is 9.81. The molecule has 1 saturated heterocycles. The third kappa shape index (κ3) is 5.41. The minimum absolute atomic E-state index is 0.0244. The molecular formula is C20H20N4O4S. The Morgan fingerprint density at radius 2 is 1.93 bits per heavy atom. The number of nitrogens with zero attached hydrogens (tertiary/aromatic N) is 3. The molecule has 2 aromatic carbocycles. The van der Waals surface area contributed by atoms with Gasteiger partial charge in [-0.15, -0.1) is 5.10 Å². The van der Waals surface area contributed by atoms with Gasteiger partial charge in [0.2, 0.25) is 5.91 Å². The van der Waals surface area contributed by atoms with E-state index in [-0.39, 0.29) is 17.0 Å². The largest absolute Gasteiger partial charge is 0.457 e. The Morgan fingerprint density at radius 3 is 2.52 bits per heavy atom. The summed E-state index contributed by atoms with van der Waals surface area (Å²) in [6.45, 7) is 6.38. The number of nitro groups is 1. The van der Waals surface area contributed by atoms with Crippen LogP contribution >= 0.6 is 11.8 Å². The fourth-order valence-electron chi connectivity index (χ4n) is 2.52. The first kappa shape index (κ1) is 20.5. The molecule has 0 radical (unpaired) electrons. The summed E-state index contributed by atoms with van der Waals surface area (Å²) < 4.78 is 5.91. The van der Waals surface area contributed by atoms with Crippen molar-refractivity contribution in [2.75, 3.05) is 5.75 Å². The minimum atomic E-state index is -0.488. The van der Waals surface area contributed by atoms with Gasteiger partial charge in [0.25, 0.3) is 5.69 Å². The summed E-state index contributed by atoms with van der Waals surface area (Å²) in [4.78, 5) is 21.8. The highest BCUT2D eigenvalue weighted by Crippen LogP contribution is 2.30. The molecule has 0 saturated carbocycles. The number of nitro benzene ring substituents is 1. The number of rotatable bonds is 5. The van der Waals surface area contributed by atoms with E-state index in [0.717, 1.165) is 0 Å². The second-order valence-corrected chi connectivity index (χ2v) is 8.31. The van der Waals surface area contributed by atoms with Crippen molar-refractivity contribution < 1.29 is 14.5 Å². The zero-order chi connectivity index (χ0) is 21.0. The number of benzene rings is 2. The summed E-state index contributed by atoms with van der Waals surface area (Å²) in [5.74, 6) is 1.17. The lowest BCUT2D eigenvalue weighted by atomic mass is 9.87. The van der Waals surface area contributed by atoms with Gasteiger partial charge in [0.05, 0.1) is 16.9 Å². The highest BCUT2D eigenvalue weighted by Gasteiger charge is 2.17. The highest BCUT2D eigenvalue weighted by atomic mass is 32.2. The molecule has 2 aromatic rings. The number of amidine groups is 1. The number of hydrogen-bond acceptors (Lipinski definition) is 7. The average Bonchev–Trinajstić information content (AvgIpc) is 3.07. The molecule has 0 bridgehead atoms. The fourth-order valence-corrected chi connectivity index (χ4v) is 3.15. The molecule has 1 aliphatic heterocycles. The van der Waals surface area contributed by atoms with E-state index in [1.807, 2.05) is 24.3 Å². The Bertz CT molecular complexity index is 995. The molecule has 8 nitrogen and oxygen atoms in total. The Kier molecular flexibility index (Phi) is 5.97. The monoisotopic (exact) mass is 412 g/mol.